The van der Waals surface area contributed by atoms with E-state index >= 15 is 0 Å². The average Bonchev–Trinajstić information content (AvgIpc) is 2.01. The van der Waals surface area contributed by atoms with Crippen LogP contribution in [0.5, 0.6) is 0 Å². The molecule has 92 valence electrons. The predicted molar refractivity (Wildman–Crippen MR) is 71.1 cm³/mol. The molecule has 1 atom stereocenters. The summed E-state index contributed by atoms with van der Waals surface area (Å²) in [6.07, 6.45) is 5.54. The molecule has 1 unspecified atom stereocenters. The van der Waals surface area contributed by atoms with Gasteiger partial charge in [0.2, 0.25) is 0 Å². The van der Waals surface area contributed by atoms with E-state index in [1.165, 1.54) is 25.7 Å². The molecule has 0 nitrogen and oxygen atoms in total. The number of hydrogen-bond donors (Lipinski definition) is 0. The molecular weight excluding hydrogens is 180 g/mol. The third-order valence-corrected chi connectivity index (χ3v) is 3.76. The van der Waals surface area contributed by atoms with Crippen LogP contribution in [-0.4, -0.2) is 0 Å². The van der Waals surface area contributed by atoms with Crippen LogP contribution >= 0.6 is 0 Å². The Labute approximate surface area is 97.8 Å². The van der Waals surface area contributed by atoms with Crippen molar-refractivity contribution in [3.8, 4) is 0 Å². The molecule has 0 aromatic heterocycles. The third-order valence-electron chi connectivity index (χ3n) is 3.76. The summed E-state index contributed by atoms with van der Waals surface area (Å²) in [5.41, 5.74) is 0.527. The fourth-order valence-corrected chi connectivity index (χ4v) is 2.24. The van der Waals surface area contributed by atoms with Gasteiger partial charge in [-0.05, 0) is 36.0 Å². The van der Waals surface area contributed by atoms with Gasteiger partial charge in [-0.3, -0.25) is 0 Å². The van der Waals surface area contributed by atoms with E-state index in [0.29, 0.717) is 5.41 Å². The zero-order valence-corrected chi connectivity index (χ0v) is 12.1. The van der Waals surface area contributed by atoms with Gasteiger partial charge in [-0.1, -0.05) is 61.3 Å². The van der Waals surface area contributed by atoms with Gasteiger partial charge >= 0.3 is 0 Å². The fourth-order valence-electron chi connectivity index (χ4n) is 2.24. The Morgan fingerprint density at radius 3 is 1.80 bits per heavy atom. The Morgan fingerprint density at radius 2 is 1.40 bits per heavy atom. The Morgan fingerprint density at radius 1 is 0.867 bits per heavy atom. The van der Waals surface area contributed by atoms with E-state index < -0.39 is 0 Å². The standard InChI is InChI=1S/C15H32/c1-12(2)9-8-10-15(6,7)14(5)11-13(3)4/h12-14H,8-11H2,1-7H3. The molecule has 0 aromatic rings. The van der Waals surface area contributed by atoms with Crippen LogP contribution < -0.4 is 0 Å². The van der Waals surface area contributed by atoms with E-state index in [4.69, 9.17) is 0 Å². The van der Waals surface area contributed by atoms with Crippen molar-refractivity contribution in [2.45, 2.75) is 74.1 Å². The molecule has 0 heterocycles. The molecule has 0 fully saturated rings. The lowest BCUT2D eigenvalue weighted by Gasteiger charge is -2.33. The van der Waals surface area contributed by atoms with Gasteiger partial charge in [0.1, 0.15) is 0 Å². The SMILES string of the molecule is CC(C)CCCC(C)(C)C(C)CC(C)C. The minimum Gasteiger partial charge on any atom is -0.0628 e. The van der Waals surface area contributed by atoms with Gasteiger partial charge in [0.25, 0.3) is 0 Å². The second-order valence-corrected chi connectivity index (χ2v) is 6.81. The average molecular weight is 212 g/mol. The molecule has 0 aromatic carbocycles. The topological polar surface area (TPSA) is 0 Å². The van der Waals surface area contributed by atoms with Crippen LogP contribution in [0.4, 0.5) is 0 Å². The maximum absolute atomic E-state index is 2.44. The zero-order valence-electron chi connectivity index (χ0n) is 12.1. The summed E-state index contributed by atoms with van der Waals surface area (Å²) in [5.74, 6) is 2.55. The maximum Gasteiger partial charge on any atom is -0.0328 e. The van der Waals surface area contributed by atoms with Crippen LogP contribution in [0.3, 0.4) is 0 Å². The Kier molecular flexibility index (Phi) is 6.55. The summed E-state index contributed by atoms with van der Waals surface area (Å²) in [5, 5.41) is 0. The second kappa shape index (κ2) is 6.55. The predicted octanol–water partition coefficient (Wildman–Crippen LogP) is 5.52. The highest BCUT2D eigenvalue weighted by molar-refractivity contribution is 4.76. The first-order valence-electron chi connectivity index (χ1n) is 6.75. The molecule has 0 amide bonds. The van der Waals surface area contributed by atoms with E-state index in [2.05, 4.69) is 48.5 Å². The van der Waals surface area contributed by atoms with E-state index in [1.54, 1.807) is 0 Å². The van der Waals surface area contributed by atoms with E-state index in [0.717, 1.165) is 17.8 Å². The lowest BCUT2D eigenvalue weighted by molar-refractivity contribution is 0.176. The number of hydrogen-bond acceptors (Lipinski definition) is 0. The van der Waals surface area contributed by atoms with Gasteiger partial charge in [0, 0.05) is 0 Å². The molecule has 15 heavy (non-hydrogen) atoms. The molecule has 0 radical (unpaired) electrons. The lowest BCUT2D eigenvalue weighted by atomic mass is 9.72. The van der Waals surface area contributed by atoms with Crippen LogP contribution in [-0.2, 0) is 0 Å². The summed E-state index contributed by atoms with van der Waals surface area (Å²) in [4.78, 5) is 0. The summed E-state index contributed by atoms with van der Waals surface area (Å²) >= 11 is 0. The maximum atomic E-state index is 2.44. The van der Waals surface area contributed by atoms with Crippen molar-refractivity contribution >= 4 is 0 Å². The van der Waals surface area contributed by atoms with Gasteiger partial charge in [0.05, 0.1) is 0 Å². The lowest BCUT2D eigenvalue weighted by Crippen LogP contribution is -2.23. The minimum absolute atomic E-state index is 0.527. The number of rotatable bonds is 7. The van der Waals surface area contributed by atoms with Crippen molar-refractivity contribution in [2.75, 3.05) is 0 Å². The minimum atomic E-state index is 0.527. The van der Waals surface area contributed by atoms with E-state index in [-0.39, 0.29) is 0 Å². The van der Waals surface area contributed by atoms with Crippen molar-refractivity contribution in [1.29, 1.82) is 0 Å². The zero-order chi connectivity index (χ0) is 12.1. The largest absolute Gasteiger partial charge is 0.0628 e. The summed E-state index contributed by atoms with van der Waals surface area (Å²) < 4.78 is 0. The first-order chi connectivity index (χ1) is 6.75. The fraction of sp³-hybridized carbons (Fsp3) is 1.00. The van der Waals surface area contributed by atoms with Gasteiger partial charge in [-0.25, -0.2) is 0 Å². The van der Waals surface area contributed by atoms with Gasteiger partial charge in [0.15, 0.2) is 0 Å². The van der Waals surface area contributed by atoms with Crippen molar-refractivity contribution in [1.82, 2.24) is 0 Å². The highest BCUT2D eigenvalue weighted by Crippen LogP contribution is 2.36. The third kappa shape index (κ3) is 6.98. The van der Waals surface area contributed by atoms with Crippen molar-refractivity contribution in [3.05, 3.63) is 0 Å². The monoisotopic (exact) mass is 212 g/mol. The summed E-state index contributed by atoms with van der Waals surface area (Å²) in [6, 6.07) is 0. The molecule has 0 bridgehead atoms. The van der Waals surface area contributed by atoms with Crippen LogP contribution in [0, 0.1) is 23.2 Å². The molecular formula is C15H32. The smallest absolute Gasteiger partial charge is 0.0328 e. The molecule has 0 saturated carbocycles. The summed E-state index contributed by atoms with van der Waals surface area (Å²) in [7, 11) is 0. The van der Waals surface area contributed by atoms with Crippen molar-refractivity contribution in [3.63, 3.8) is 0 Å². The molecule has 0 N–H and O–H groups in total. The normalized spacial score (nSPS) is 15.0. The molecule has 0 heteroatoms. The first-order valence-corrected chi connectivity index (χ1v) is 6.75. The van der Waals surface area contributed by atoms with Crippen LogP contribution in [0.25, 0.3) is 0 Å². The van der Waals surface area contributed by atoms with Crippen molar-refractivity contribution in [2.24, 2.45) is 23.2 Å². The Balaban J connectivity index is 3.93. The van der Waals surface area contributed by atoms with Gasteiger partial charge in [-0.15, -0.1) is 0 Å². The second-order valence-electron chi connectivity index (χ2n) is 6.81. The highest BCUT2D eigenvalue weighted by atomic mass is 14.3. The van der Waals surface area contributed by atoms with E-state index in [1.807, 2.05) is 0 Å². The molecule has 0 saturated heterocycles. The molecule has 0 aliphatic carbocycles. The highest BCUT2D eigenvalue weighted by Gasteiger charge is 2.25. The van der Waals surface area contributed by atoms with Crippen molar-refractivity contribution < 1.29 is 0 Å². The Bertz CT molecular complexity index is 153. The Hall–Kier alpha value is 0. The van der Waals surface area contributed by atoms with Crippen LogP contribution in [0.15, 0.2) is 0 Å². The van der Waals surface area contributed by atoms with E-state index in [9.17, 15) is 0 Å². The molecule has 0 aliphatic heterocycles. The molecule has 0 rings (SSSR count). The van der Waals surface area contributed by atoms with Crippen LogP contribution in [0.1, 0.15) is 74.1 Å². The van der Waals surface area contributed by atoms with Crippen LogP contribution in [0.2, 0.25) is 0 Å². The first kappa shape index (κ1) is 15.0. The molecule has 0 aliphatic rings. The summed E-state index contributed by atoms with van der Waals surface area (Å²) in [6.45, 7) is 16.6. The van der Waals surface area contributed by atoms with Gasteiger partial charge < -0.3 is 0 Å². The van der Waals surface area contributed by atoms with Gasteiger partial charge in [-0.2, -0.15) is 0 Å². The molecule has 0 spiro atoms. The quantitative estimate of drug-likeness (QED) is 0.521.